The Morgan fingerprint density at radius 3 is 2.21 bits per heavy atom. The maximum absolute atomic E-state index is 13.6. The van der Waals surface area contributed by atoms with Crippen molar-refractivity contribution in [3.8, 4) is 11.5 Å². The van der Waals surface area contributed by atoms with Gasteiger partial charge >= 0.3 is 12.3 Å². The Kier molecular flexibility index (Phi) is 9.13. The number of rotatable bonds is 11. The van der Waals surface area contributed by atoms with Crippen LogP contribution in [-0.4, -0.2) is 49.4 Å². The minimum absolute atomic E-state index is 0.0233. The van der Waals surface area contributed by atoms with Crippen LogP contribution in [0.2, 0.25) is 0 Å². The van der Waals surface area contributed by atoms with E-state index in [4.69, 9.17) is 9.84 Å². The number of aliphatic carboxylic acids is 1. The van der Waals surface area contributed by atoms with Crippen molar-refractivity contribution in [3.05, 3.63) is 95.1 Å². The van der Waals surface area contributed by atoms with E-state index >= 15 is 0 Å². The number of carbonyl (C=O) groups is 2. The molecule has 3 aromatic rings. The molecule has 0 aromatic heterocycles. The highest BCUT2D eigenvalue weighted by Gasteiger charge is 2.41. The predicted molar refractivity (Wildman–Crippen MR) is 133 cm³/mol. The number of amides is 1. The molecule has 8 nitrogen and oxygen atoms in total. The lowest BCUT2D eigenvalue weighted by Gasteiger charge is -2.25. The van der Waals surface area contributed by atoms with Crippen LogP contribution in [0.4, 0.5) is 13.2 Å². The first-order valence-corrected chi connectivity index (χ1v) is 13.2. The lowest BCUT2D eigenvalue weighted by molar-refractivity contribution is -0.224. The SMILES string of the molecule is CS(=O)(=O)NCc1cc(CC(=O)O)ccc1Oc1ccc(C(=O)N(CCc2ccccc2)C(F)(F)F)cc1. The molecule has 0 heterocycles. The standard InChI is InChI=1S/C26H25F3N2O6S/c1-38(35,36)30-17-21-15-19(16-24(32)33)7-12-23(21)37-22-10-8-20(9-11-22)25(34)31(26(27,28)29)14-13-18-5-3-2-4-6-18/h2-12,15,30H,13-14,16-17H2,1H3,(H,32,33). The number of ether oxygens (including phenoxy) is 1. The number of hydrogen-bond donors (Lipinski definition) is 2. The van der Waals surface area contributed by atoms with Crippen LogP contribution in [0, 0.1) is 0 Å². The maximum Gasteiger partial charge on any atom is 0.487 e. The van der Waals surface area contributed by atoms with Gasteiger partial charge in [0.15, 0.2) is 0 Å². The van der Waals surface area contributed by atoms with Gasteiger partial charge in [-0.3, -0.25) is 9.59 Å². The second-order valence-electron chi connectivity index (χ2n) is 8.39. The summed E-state index contributed by atoms with van der Waals surface area (Å²) in [6.07, 6.45) is -4.17. The first-order chi connectivity index (χ1) is 17.8. The second kappa shape index (κ2) is 12.1. The highest BCUT2D eigenvalue weighted by molar-refractivity contribution is 7.88. The minimum Gasteiger partial charge on any atom is -0.481 e. The molecule has 0 saturated carbocycles. The summed E-state index contributed by atoms with van der Waals surface area (Å²) in [5.74, 6) is -1.90. The zero-order valence-corrected chi connectivity index (χ0v) is 21.1. The van der Waals surface area contributed by atoms with Crippen LogP contribution in [0.5, 0.6) is 11.5 Å². The molecule has 38 heavy (non-hydrogen) atoms. The van der Waals surface area contributed by atoms with Crippen molar-refractivity contribution in [1.29, 1.82) is 0 Å². The Labute approximate surface area is 217 Å². The summed E-state index contributed by atoms with van der Waals surface area (Å²) in [6, 6.07) is 18.0. The van der Waals surface area contributed by atoms with Crippen LogP contribution in [-0.2, 0) is 34.2 Å². The third-order valence-electron chi connectivity index (χ3n) is 5.35. The Morgan fingerprint density at radius 2 is 1.63 bits per heavy atom. The molecule has 202 valence electrons. The van der Waals surface area contributed by atoms with Crippen LogP contribution in [0.3, 0.4) is 0 Å². The molecule has 0 radical (unpaired) electrons. The summed E-state index contributed by atoms with van der Waals surface area (Å²) in [5.41, 5.74) is 1.23. The van der Waals surface area contributed by atoms with Crippen molar-refractivity contribution >= 4 is 21.9 Å². The summed E-state index contributed by atoms with van der Waals surface area (Å²) >= 11 is 0. The van der Waals surface area contributed by atoms with E-state index in [2.05, 4.69) is 4.72 Å². The molecule has 0 unspecified atom stereocenters. The minimum atomic E-state index is -4.87. The van der Waals surface area contributed by atoms with Gasteiger partial charge < -0.3 is 9.84 Å². The Morgan fingerprint density at radius 1 is 0.974 bits per heavy atom. The topological polar surface area (TPSA) is 113 Å². The molecule has 0 saturated heterocycles. The molecular formula is C26H25F3N2O6S. The highest BCUT2D eigenvalue weighted by Crippen LogP contribution is 2.29. The third kappa shape index (κ3) is 8.60. The van der Waals surface area contributed by atoms with Crippen molar-refractivity contribution in [2.24, 2.45) is 0 Å². The smallest absolute Gasteiger partial charge is 0.481 e. The van der Waals surface area contributed by atoms with E-state index in [1.165, 1.54) is 42.5 Å². The number of nitrogens with one attached hydrogen (secondary N) is 1. The number of carboxylic acids is 1. The molecule has 0 bridgehead atoms. The highest BCUT2D eigenvalue weighted by atomic mass is 32.2. The third-order valence-corrected chi connectivity index (χ3v) is 6.02. The van der Waals surface area contributed by atoms with Crippen LogP contribution in [0.1, 0.15) is 27.0 Å². The number of carboxylic acid groups (broad SMARTS) is 1. The molecule has 2 N–H and O–H groups in total. The molecule has 0 aliphatic heterocycles. The monoisotopic (exact) mass is 550 g/mol. The van der Waals surface area contributed by atoms with Gasteiger partial charge in [-0.1, -0.05) is 42.5 Å². The van der Waals surface area contributed by atoms with E-state index in [0.717, 1.165) is 6.26 Å². The molecule has 12 heteroatoms. The molecular weight excluding hydrogens is 525 g/mol. The largest absolute Gasteiger partial charge is 0.487 e. The molecule has 0 aliphatic carbocycles. The zero-order valence-electron chi connectivity index (χ0n) is 20.2. The summed E-state index contributed by atoms with van der Waals surface area (Å²) in [5, 5.41) is 9.03. The normalized spacial score (nSPS) is 11.7. The first kappa shape index (κ1) is 28.7. The molecule has 0 atom stereocenters. The number of alkyl halides is 3. The van der Waals surface area contributed by atoms with Gasteiger partial charge in [0.1, 0.15) is 11.5 Å². The number of sulfonamides is 1. The van der Waals surface area contributed by atoms with E-state index in [1.807, 2.05) is 0 Å². The van der Waals surface area contributed by atoms with Gasteiger partial charge in [0.25, 0.3) is 5.91 Å². The number of hydrogen-bond acceptors (Lipinski definition) is 5. The van der Waals surface area contributed by atoms with E-state index < -0.39 is 34.7 Å². The number of halogens is 3. The van der Waals surface area contributed by atoms with Crippen molar-refractivity contribution < 1.29 is 41.0 Å². The van der Waals surface area contributed by atoms with Crippen molar-refractivity contribution in [3.63, 3.8) is 0 Å². The fraction of sp³-hybridized carbons (Fsp3) is 0.231. The van der Waals surface area contributed by atoms with Crippen LogP contribution < -0.4 is 9.46 Å². The average molecular weight is 551 g/mol. The molecule has 0 fully saturated rings. The van der Waals surface area contributed by atoms with Crippen LogP contribution >= 0.6 is 0 Å². The molecule has 1 amide bonds. The quantitative estimate of drug-likeness (QED) is 0.343. The van der Waals surface area contributed by atoms with Crippen molar-refractivity contribution in [2.45, 2.75) is 25.7 Å². The predicted octanol–water partition coefficient (Wildman–Crippen LogP) is 4.36. The lowest BCUT2D eigenvalue weighted by atomic mass is 10.1. The Balaban J connectivity index is 1.78. The molecule has 3 rings (SSSR count). The van der Waals surface area contributed by atoms with E-state index in [9.17, 15) is 31.2 Å². The van der Waals surface area contributed by atoms with Crippen LogP contribution in [0.15, 0.2) is 72.8 Å². The van der Waals surface area contributed by atoms with Crippen molar-refractivity contribution in [2.75, 3.05) is 12.8 Å². The van der Waals surface area contributed by atoms with Gasteiger partial charge in [0.2, 0.25) is 10.0 Å². The van der Waals surface area contributed by atoms with Gasteiger partial charge in [0, 0.05) is 24.2 Å². The summed E-state index contributed by atoms with van der Waals surface area (Å²) < 4.78 is 72.0. The summed E-state index contributed by atoms with van der Waals surface area (Å²) in [7, 11) is -3.56. The molecule has 0 spiro atoms. The summed E-state index contributed by atoms with van der Waals surface area (Å²) in [6.45, 7) is -0.732. The number of benzene rings is 3. The summed E-state index contributed by atoms with van der Waals surface area (Å²) in [4.78, 5) is 23.6. The first-order valence-electron chi connectivity index (χ1n) is 11.3. The van der Waals surface area contributed by atoms with Crippen molar-refractivity contribution in [1.82, 2.24) is 9.62 Å². The van der Waals surface area contributed by atoms with E-state index in [1.54, 1.807) is 30.3 Å². The average Bonchev–Trinajstić information content (AvgIpc) is 2.83. The second-order valence-corrected chi connectivity index (χ2v) is 10.2. The van der Waals surface area contributed by atoms with Gasteiger partial charge in [-0.05, 0) is 47.9 Å². The zero-order chi connectivity index (χ0) is 27.9. The van der Waals surface area contributed by atoms with Gasteiger partial charge in [-0.2, -0.15) is 0 Å². The fourth-order valence-electron chi connectivity index (χ4n) is 3.54. The number of carbonyl (C=O) groups excluding carboxylic acids is 1. The molecule has 0 aliphatic rings. The number of nitrogens with zero attached hydrogens (tertiary/aromatic N) is 1. The Bertz CT molecular complexity index is 1380. The lowest BCUT2D eigenvalue weighted by Crippen LogP contribution is -2.44. The molecule has 3 aromatic carbocycles. The van der Waals surface area contributed by atoms with Gasteiger partial charge in [-0.25, -0.2) is 18.0 Å². The Hall–Kier alpha value is -3.90. The van der Waals surface area contributed by atoms with Gasteiger partial charge in [0.05, 0.1) is 12.7 Å². The van der Waals surface area contributed by atoms with Crippen LogP contribution in [0.25, 0.3) is 0 Å². The maximum atomic E-state index is 13.6. The fourth-order valence-corrected chi connectivity index (χ4v) is 3.96. The van der Waals surface area contributed by atoms with Gasteiger partial charge in [-0.15, -0.1) is 13.2 Å². The van der Waals surface area contributed by atoms with E-state index in [0.29, 0.717) is 16.7 Å². The van der Waals surface area contributed by atoms with E-state index in [-0.39, 0.29) is 41.3 Å².